The number of anilines is 3. The molecule has 8 nitrogen and oxygen atoms in total. The van der Waals surface area contributed by atoms with Crippen molar-refractivity contribution in [3.05, 3.63) is 24.8 Å². The van der Waals surface area contributed by atoms with E-state index in [2.05, 4.69) is 16.6 Å². The first kappa shape index (κ1) is 21.6. The lowest BCUT2D eigenvalue weighted by atomic mass is 10.2. The van der Waals surface area contributed by atoms with Gasteiger partial charge in [0.05, 0.1) is 23.3 Å². The molecule has 1 aromatic carbocycles. The van der Waals surface area contributed by atoms with Gasteiger partial charge in [-0.25, -0.2) is 8.42 Å². The molecule has 0 aliphatic heterocycles. The van der Waals surface area contributed by atoms with Gasteiger partial charge in [-0.3, -0.25) is 9.10 Å². The summed E-state index contributed by atoms with van der Waals surface area (Å²) in [4.78, 5) is 13.4. The van der Waals surface area contributed by atoms with Gasteiger partial charge < -0.3 is 20.7 Å². The smallest absolute Gasteiger partial charge is 0.387 e. The fourth-order valence-electron chi connectivity index (χ4n) is 2.03. The number of amides is 1. The van der Waals surface area contributed by atoms with E-state index in [-0.39, 0.29) is 23.6 Å². The summed E-state index contributed by atoms with van der Waals surface area (Å²) in [6.07, 6.45) is 1.94. The fourth-order valence-corrected chi connectivity index (χ4v) is 2.95. The first-order valence-corrected chi connectivity index (χ1v) is 9.24. The number of sulfonamides is 1. The Morgan fingerprint density at radius 3 is 2.46 bits per heavy atom. The molecule has 0 atom stereocenters. The number of carbonyl (C=O) groups is 1. The molecule has 146 valence electrons. The van der Waals surface area contributed by atoms with Gasteiger partial charge in [0.2, 0.25) is 15.9 Å². The molecule has 1 aromatic rings. The zero-order valence-electron chi connectivity index (χ0n) is 14.7. The number of nitrogens with two attached hydrogens (primary N) is 1. The molecule has 0 aromatic heterocycles. The number of nitrogens with one attached hydrogen (secondary N) is 1. The van der Waals surface area contributed by atoms with Gasteiger partial charge in [-0.15, -0.1) is 0 Å². The maximum Gasteiger partial charge on any atom is 0.387 e. The van der Waals surface area contributed by atoms with Crippen LogP contribution in [0, 0.1) is 0 Å². The van der Waals surface area contributed by atoms with Crippen molar-refractivity contribution in [2.75, 3.05) is 48.8 Å². The molecule has 0 radical (unpaired) electrons. The Labute approximate surface area is 151 Å². The second-order valence-corrected chi connectivity index (χ2v) is 7.52. The van der Waals surface area contributed by atoms with Crippen molar-refractivity contribution in [3.8, 4) is 5.75 Å². The SMILES string of the molecule is C=CC(=O)Nc1cc(N)c(OC(F)F)cc1N(CCN(C)C)S(C)(=O)=O. The van der Waals surface area contributed by atoms with Crippen LogP contribution in [-0.4, -0.2) is 59.3 Å². The minimum atomic E-state index is -3.79. The Hall–Kier alpha value is -2.40. The Kier molecular flexibility index (Phi) is 7.33. The number of hydrogen-bond acceptors (Lipinski definition) is 6. The molecular weight excluding hydrogens is 370 g/mol. The van der Waals surface area contributed by atoms with Crippen LogP contribution in [0.4, 0.5) is 25.8 Å². The zero-order valence-corrected chi connectivity index (χ0v) is 15.5. The topological polar surface area (TPSA) is 105 Å². The van der Waals surface area contributed by atoms with Crippen molar-refractivity contribution in [1.29, 1.82) is 0 Å². The molecule has 0 saturated carbocycles. The van der Waals surface area contributed by atoms with Gasteiger partial charge >= 0.3 is 6.61 Å². The number of ether oxygens (including phenoxy) is 1. The highest BCUT2D eigenvalue weighted by atomic mass is 32.2. The molecular formula is C15H22F2N4O4S. The van der Waals surface area contributed by atoms with E-state index in [4.69, 9.17) is 5.73 Å². The van der Waals surface area contributed by atoms with Crippen LogP contribution in [0.15, 0.2) is 24.8 Å². The molecule has 0 spiro atoms. The average molecular weight is 392 g/mol. The Bertz CT molecular complexity index is 769. The van der Waals surface area contributed by atoms with Gasteiger partial charge in [-0.05, 0) is 26.2 Å². The minimum Gasteiger partial charge on any atom is -0.433 e. The number of halogens is 2. The van der Waals surface area contributed by atoms with E-state index >= 15 is 0 Å². The number of likely N-dealkylation sites (N-methyl/N-ethyl adjacent to an activating group) is 1. The van der Waals surface area contributed by atoms with Gasteiger partial charge in [0.15, 0.2) is 5.75 Å². The Morgan fingerprint density at radius 2 is 2.00 bits per heavy atom. The first-order valence-electron chi connectivity index (χ1n) is 7.40. The van der Waals surface area contributed by atoms with Crippen LogP contribution in [0.25, 0.3) is 0 Å². The first-order chi connectivity index (χ1) is 12.0. The predicted octanol–water partition coefficient (Wildman–Crippen LogP) is 1.32. The number of hydrogen-bond donors (Lipinski definition) is 2. The van der Waals surface area contributed by atoms with Crippen molar-refractivity contribution >= 4 is 33.0 Å². The standard InChI is InChI=1S/C15H22F2N4O4S/c1-5-14(22)19-11-8-10(18)13(25-15(16)17)9-12(11)21(26(4,23)24)7-6-20(2)3/h5,8-9,15H,1,6-7,18H2,2-4H3,(H,19,22). The molecule has 0 fully saturated rings. The van der Waals surface area contributed by atoms with Crippen molar-refractivity contribution in [3.63, 3.8) is 0 Å². The molecule has 1 rings (SSSR count). The number of alkyl halides is 2. The largest absolute Gasteiger partial charge is 0.433 e. The average Bonchev–Trinajstić information content (AvgIpc) is 2.49. The van der Waals surface area contributed by atoms with Crippen LogP contribution < -0.4 is 20.1 Å². The molecule has 3 N–H and O–H groups in total. The highest BCUT2D eigenvalue weighted by Crippen LogP contribution is 2.37. The van der Waals surface area contributed by atoms with Crippen LogP contribution in [-0.2, 0) is 14.8 Å². The zero-order chi connectivity index (χ0) is 20.1. The van der Waals surface area contributed by atoms with E-state index in [1.54, 1.807) is 19.0 Å². The molecule has 0 bridgehead atoms. The lowest BCUT2D eigenvalue weighted by Crippen LogP contribution is -2.36. The van der Waals surface area contributed by atoms with Crippen LogP contribution in [0.5, 0.6) is 5.75 Å². The van der Waals surface area contributed by atoms with E-state index < -0.39 is 28.3 Å². The molecule has 0 aliphatic carbocycles. The number of rotatable bonds is 9. The molecule has 11 heteroatoms. The molecule has 1 amide bonds. The maximum atomic E-state index is 12.6. The number of carbonyl (C=O) groups excluding carboxylic acids is 1. The monoisotopic (exact) mass is 392 g/mol. The molecule has 0 unspecified atom stereocenters. The van der Waals surface area contributed by atoms with Crippen molar-refractivity contribution in [2.45, 2.75) is 6.61 Å². The van der Waals surface area contributed by atoms with E-state index in [9.17, 15) is 22.0 Å². The van der Waals surface area contributed by atoms with E-state index in [0.29, 0.717) is 6.54 Å². The van der Waals surface area contributed by atoms with Crippen molar-refractivity contribution < 1.29 is 26.7 Å². The summed E-state index contributed by atoms with van der Waals surface area (Å²) in [5, 5.41) is 2.42. The summed E-state index contributed by atoms with van der Waals surface area (Å²) < 4.78 is 54.9. The summed E-state index contributed by atoms with van der Waals surface area (Å²) >= 11 is 0. The van der Waals surface area contributed by atoms with Crippen LogP contribution >= 0.6 is 0 Å². The van der Waals surface area contributed by atoms with Crippen LogP contribution in [0.2, 0.25) is 0 Å². The highest BCUT2D eigenvalue weighted by Gasteiger charge is 2.24. The maximum absolute atomic E-state index is 12.6. The fraction of sp³-hybridized carbons (Fsp3) is 0.400. The van der Waals surface area contributed by atoms with Crippen LogP contribution in [0.3, 0.4) is 0 Å². The normalized spacial score (nSPS) is 11.5. The number of nitrogens with zero attached hydrogens (tertiary/aromatic N) is 2. The summed E-state index contributed by atoms with van der Waals surface area (Å²) in [6, 6.07) is 2.21. The van der Waals surface area contributed by atoms with Gasteiger partial charge in [-0.1, -0.05) is 6.58 Å². The van der Waals surface area contributed by atoms with Crippen LogP contribution in [0.1, 0.15) is 0 Å². The predicted molar refractivity (Wildman–Crippen MR) is 97.1 cm³/mol. The Balaban J connectivity index is 3.52. The molecule has 26 heavy (non-hydrogen) atoms. The lowest BCUT2D eigenvalue weighted by Gasteiger charge is -2.27. The van der Waals surface area contributed by atoms with Gasteiger partial charge in [-0.2, -0.15) is 8.78 Å². The summed E-state index contributed by atoms with van der Waals surface area (Å²) in [6.45, 7) is 0.526. The highest BCUT2D eigenvalue weighted by molar-refractivity contribution is 7.92. The van der Waals surface area contributed by atoms with Crippen molar-refractivity contribution in [2.24, 2.45) is 0 Å². The summed E-state index contributed by atoms with van der Waals surface area (Å²) in [5.74, 6) is -1.01. The second-order valence-electron chi connectivity index (χ2n) is 5.62. The molecule has 0 aliphatic rings. The number of nitrogen functional groups attached to an aromatic ring is 1. The lowest BCUT2D eigenvalue weighted by molar-refractivity contribution is -0.111. The van der Waals surface area contributed by atoms with E-state index in [0.717, 1.165) is 28.8 Å². The van der Waals surface area contributed by atoms with E-state index in [1.807, 2.05) is 0 Å². The summed E-state index contributed by atoms with van der Waals surface area (Å²) in [5.41, 5.74) is 5.47. The third-order valence-corrected chi connectivity index (χ3v) is 4.39. The molecule has 0 heterocycles. The third kappa shape index (κ3) is 6.15. The van der Waals surface area contributed by atoms with Crippen molar-refractivity contribution in [1.82, 2.24) is 4.90 Å². The summed E-state index contributed by atoms with van der Waals surface area (Å²) in [7, 11) is -0.301. The number of benzene rings is 1. The Morgan fingerprint density at radius 1 is 1.38 bits per heavy atom. The van der Waals surface area contributed by atoms with Gasteiger partial charge in [0.25, 0.3) is 0 Å². The second kappa shape index (κ2) is 8.81. The van der Waals surface area contributed by atoms with Gasteiger partial charge in [0, 0.05) is 19.2 Å². The van der Waals surface area contributed by atoms with E-state index in [1.165, 1.54) is 0 Å². The quantitative estimate of drug-likeness (QED) is 0.485. The third-order valence-electron chi connectivity index (χ3n) is 3.21. The van der Waals surface area contributed by atoms with Gasteiger partial charge in [0.1, 0.15) is 0 Å². The molecule has 0 saturated heterocycles. The minimum absolute atomic E-state index is 0.0147.